The lowest BCUT2D eigenvalue weighted by Crippen LogP contribution is -2.58. The van der Waals surface area contributed by atoms with Crippen LogP contribution in [0, 0.1) is 51.8 Å². The summed E-state index contributed by atoms with van der Waals surface area (Å²) in [4.78, 5) is 0. The quantitative estimate of drug-likeness (QED) is 0.566. The Morgan fingerprint density at radius 2 is 1.72 bits per heavy atom. The molecule has 2 nitrogen and oxygen atoms in total. The van der Waals surface area contributed by atoms with E-state index in [-0.39, 0.29) is 11.3 Å². The standard InChI is InChI=1S/C21H33NO.C2H6/c1-20-11-5-4-6-14(20)7-9-16-17-10-8-15(13-22)21(17,2)12-18(23-3)19(16)20;1-2/h14-19H,4-12H2,1-3H3;1-2H3. The number of nitrogens with zero attached hydrogens (tertiary/aromatic N) is 1. The number of methoxy groups -OCH3 is 1. The van der Waals surface area contributed by atoms with E-state index in [9.17, 15) is 5.26 Å². The Morgan fingerprint density at radius 3 is 2.40 bits per heavy atom. The number of hydrogen-bond donors (Lipinski definition) is 0. The van der Waals surface area contributed by atoms with Gasteiger partial charge in [-0.3, -0.25) is 0 Å². The predicted molar refractivity (Wildman–Crippen MR) is 103 cm³/mol. The first-order valence-electron chi connectivity index (χ1n) is 11.0. The molecule has 4 fully saturated rings. The van der Waals surface area contributed by atoms with Crippen LogP contribution in [0.4, 0.5) is 0 Å². The van der Waals surface area contributed by atoms with Gasteiger partial charge in [0.05, 0.1) is 18.1 Å². The van der Waals surface area contributed by atoms with Crippen molar-refractivity contribution in [2.45, 2.75) is 91.6 Å². The highest BCUT2D eigenvalue weighted by Gasteiger charge is 2.63. The van der Waals surface area contributed by atoms with Crippen LogP contribution in [0.3, 0.4) is 0 Å². The van der Waals surface area contributed by atoms with Crippen molar-refractivity contribution in [2.75, 3.05) is 7.11 Å². The van der Waals surface area contributed by atoms with Gasteiger partial charge < -0.3 is 4.74 Å². The first-order chi connectivity index (χ1) is 12.0. The molecule has 0 aromatic rings. The Kier molecular flexibility index (Phi) is 5.55. The van der Waals surface area contributed by atoms with Gasteiger partial charge in [-0.15, -0.1) is 0 Å². The Balaban J connectivity index is 0.000000880. The number of ether oxygens (including phenoxy) is 1. The van der Waals surface area contributed by atoms with Crippen LogP contribution in [0.1, 0.15) is 85.5 Å². The second-order valence-corrected chi connectivity index (χ2v) is 9.57. The summed E-state index contributed by atoms with van der Waals surface area (Å²) in [5, 5.41) is 9.67. The second-order valence-electron chi connectivity index (χ2n) is 9.57. The van der Waals surface area contributed by atoms with Gasteiger partial charge in [0.2, 0.25) is 0 Å². The highest BCUT2D eigenvalue weighted by Crippen LogP contribution is 2.67. The van der Waals surface area contributed by atoms with Crippen LogP contribution in [0.15, 0.2) is 0 Å². The van der Waals surface area contributed by atoms with Crippen LogP contribution in [0.5, 0.6) is 0 Å². The van der Waals surface area contributed by atoms with Gasteiger partial charge in [0, 0.05) is 7.11 Å². The maximum Gasteiger partial charge on any atom is 0.0661 e. The van der Waals surface area contributed by atoms with Gasteiger partial charge in [0.25, 0.3) is 0 Å². The second kappa shape index (κ2) is 7.22. The molecular formula is C23H39NO. The molecule has 4 rings (SSSR count). The van der Waals surface area contributed by atoms with E-state index in [0.717, 1.165) is 36.5 Å². The Labute approximate surface area is 155 Å². The number of rotatable bonds is 1. The summed E-state index contributed by atoms with van der Waals surface area (Å²) in [5.41, 5.74) is 0.697. The van der Waals surface area contributed by atoms with E-state index in [4.69, 9.17) is 4.74 Å². The summed E-state index contributed by atoms with van der Waals surface area (Å²) in [6.07, 6.45) is 12.4. The molecule has 0 N–H and O–H groups in total. The summed E-state index contributed by atoms with van der Waals surface area (Å²) < 4.78 is 6.13. The highest BCUT2D eigenvalue weighted by atomic mass is 16.5. The van der Waals surface area contributed by atoms with Gasteiger partial charge in [-0.25, -0.2) is 0 Å². The maximum atomic E-state index is 9.67. The van der Waals surface area contributed by atoms with Crippen molar-refractivity contribution in [1.29, 1.82) is 5.26 Å². The van der Waals surface area contributed by atoms with Crippen molar-refractivity contribution in [2.24, 2.45) is 40.4 Å². The van der Waals surface area contributed by atoms with Gasteiger partial charge in [0.1, 0.15) is 0 Å². The molecule has 4 aliphatic rings. The fraction of sp³-hybridized carbons (Fsp3) is 0.957. The van der Waals surface area contributed by atoms with E-state index >= 15 is 0 Å². The topological polar surface area (TPSA) is 33.0 Å². The van der Waals surface area contributed by atoms with Crippen molar-refractivity contribution in [3.63, 3.8) is 0 Å². The average Bonchev–Trinajstić information content (AvgIpc) is 2.98. The molecule has 25 heavy (non-hydrogen) atoms. The summed E-state index contributed by atoms with van der Waals surface area (Å²) in [5.74, 6) is 3.48. The van der Waals surface area contributed by atoms with Crippen molar-refractivity contribution in [3.05, 3.63) is 0 Å². The highest BCUT2D eigenvalue weighted by molar-refractivity contribution is 5.14. The van der Waals surface area contributed by atoms with Gasteiger partial charge in [-0.1, -0.05) is 40.5 Å². The lowest BCUT2D eigenvalue weighted by Gasteiger charge is -2.62. The Bertz CT molecular complexity index is 511. The molecule has 0 saturated heterocycles. The zero-order valence-corrected chi connectivity index (χ0v) is 17.2. The molecule has 0 radical (unpaired) electrons. The van der Waals surface area contributed by atoms with Crippen LogP contribution in [0.2, 0.25) is 0 Å². The number of fused-ring (bicyclic) bond motifs is 5. The van der Waals surface area contributed by atoms with Crippen LogP contribution in [-0.2, 0) is 4.74 Å². The third-order valence-corrected chi connectivity index (χ3v) is 8.95. The minimum atomic E-state index is 0.203. The van der Waals surface area contributed by atoms with E-state index in [1.165, 1.54) is 44.9 Å². The smallest absolute Gasteiger partial charge is 0.0661 e. The summed E-state index contributed by atoms with van der Waals surface area (Å²) in [7, 11) is 1.93. The molecule has 0 aromatic carbocycles. The van der Waals surface area contributed by atoms with Gasteiger partial charge in [-0.2, -0.15) is 5.26 Å². The SMILES string of the molecule is CC.COC1CC2(C)C(C#N)CCC2C2CCC3CCCCC3(C)C12. The molecule has 142 valence electrons. The molecule has 8 unspecified atom stereocenters. The lowest BCUT2D eigenvalue weighted by molar-refractivity contribution is -0.175. The van der Waals surface area contributed by atoms with E-state index < -0.39 is 0 Å². The molecule has 4 aliphatic carbocycles. The third-order valence-electron chi connectivity index (χ3n) is 8.95. The number of hydrogen-bond acceptors (Lipinski definition) is 2. The molecule has 8 atom stereocenters. The molecule has 4 saturated carbocycles. The molecule has 0 spiro atoms. The van der Waals surface area contributed by atoms with Crippen molar-refractivity contribution < 1.29 is 4.74 Å². The van der Waals surface area contributed by atoms with Gasteiger partial charge in [0.15, 0.2) is 0 Å². The largest absolute Gasteiger partial charge is 0.381 e. The van der Waals surface area contributed by atoms with E-state index in [1.54, 1.807) is 0 Å². The van der Waals surface area contributed by atoms with Gasteiger partial charge >= 0.3 is 0 Å². The van der Waals surface area contributed by atoms with Crippen molar-refractivity contribution in [3.8, 4) is 6.07 Å². The lowest BCUT2D eigenvalue weighted by atomic mass is 9.44. The molecule has 0 aromatic heterocycles. The maximum absolute atomic E-state index is 9.67. The summed E-state index contributed by atoms with van der Waals surface area (Å²) in [6, 6.07) is 2.65. The normalized spacial score (nSPS) is 51.2. The minimum Gasteiger partial charge on any atom is -0.381 e. The van der Waals surface area contributed by atoms with Crippen LogP contribution in [0.25, 0.3) is 0 Å². The third kappa shape index (κ3) is 2.77. The molecule has 0 aliphatic heterocycles. The van der Waals surface area contributed by atoms with E-state index in [2.05, 4.69) is 19.9 Å². The van der Waals surface area contributed by atoms with Crippen molar-refractivity contribution in [1.82, 2.24) is 0 Å². The van der Waals surface area contributed by atoms with E-state index in [0.29, 0.717) is 11.5 Å². The van der Waals surface area contributed by atoms with Crippen LogP contribution < -0.4 is 0 Å². The zero-order valence-electron chi connectivity index (χ0n) is 17.2. The summed E-state index contributed by atoms with van der Waals surface area (Å²) in [6.45, 7) is 9.01. The monoisotopic (exact) mass is 345 g/mol. The fourth-order valence-electron chi connectivity index (χ4n) is 7.82. The first kappa shape index (κ1) is 19.2. The molecular weight excluding hydrogens is 306 g/mol. The predicted octanol–water partition coefficient (Wildman–Crippen LogP) is 6.21. The Hall–Kier alpha value is -0.550. The molecule has 0 amide bonds. The van der Waals surface area contributed by atoms with Gasteiger partial charge in [-0.05, 0) is 79.4 Å². The van der Waals surface area contributed by atoms with Crippen molar-refractivity contribution >= 4 is 0 Å². The number of nitriles is 1. The fourth-order valence-corrected chi connectivity index (χ4v) is 7.82. The zero-order chi connectivity index (χ0) is 18.2. The molecule has 2 heteroatoms. The van der Waals surface area contributed by atoms with Crippen LogP contribution in [-0.4, -0.2) is 13.2 Å². The van der Waals surface area contributed by atoms with Crippen LogP contribution >= 0.6 is 0 Å². The first-order valence-corrected chi connectivity index (χ1v) is 11.0. The molecule has 0 heterocycles. The van der Waals surface area contributed by atoms with E-state index in [1.807, 2.05) is 21.0 Å². The molecule has 0 bridgehead atoms. The average molecular weight is 346 g/mol. The minimum absolute atomic E-state index is 0.203. The summed E-state index contributed by atoms with van der Waals surface area (Å²) >= 11 is 0. The Morgan fingerprint density at radius 1 is 0.960 bits per heavy atom.